The standard InChI is InChI=1S/C15H20N4O/c1-11-7-13-14(8-12(11)2)19(10-17-13)9-15(20)18-5-3-16-4-6-18/h7-8,10,16H,3-6,9H2,1-2H3. The van der Waals surface area contributed by atoms with Crippen molar-refractivity contribution < 1.29 is 4.79 Å². The van der Waals surface area contributed by atoms with E-state index in [2.05, 4.69) is 36.3 Å². The number of aryl methyl sites for hydroxylation is 2. The third-order valence-corrected chi connectivity index (χ3v) is 4.01. The van der Waals surface area contributed by atoms with E-state index < -0.39 is 0 Å². The van der Waals surface area contributed by atoms with Gasteiger partial charge in [-0.1, -0.05) is 0 Å². The molecule has 1 aromatic carbocycles. The summed E-state index contributed by atoms with van der Waals surface area (Å²) in [5, 5.41) is 3.26. The van der Waals surface area contributed by atoms with Crippen LogP contribution in [0.15, 0.2) is 18.5 Å². The van der Waals surface area contributed by atoms with Crippen LogP contribution in [0, 0.1) is 13.8 Å². The van der Waals surface area contributed by atoms with Crippen molar-refractivity contribution in [1.29, 1.82) is 0 Å². The largest absolute Gasteiger partial charge is 0.339 e. The van der Waals surface area contributed by atoms with Crippen LogP contribution in [0.3, 0.4) is 0 Å². The van der Waals surface area contributed by atoms with Gasteiger partial charge in [-0.25, -0.2) is 4.98 Å². The molecule has 2 heterocycles. The quantitative estimate of drug-likeness (QED) is 0.890. The number of rotatable bonds is 2. The molecule has 1 amide bonds. The van der Waals surface area contributed by atoms with Crippen LogP contribution < -0.4 is 5.32 Å². The Balaban J connectivity index is 1.83. The Kier molecular flexibility index (Phi) is 3.44. The molecule has 106 valence electrons. The van der Waals surface area contributed by atoms with Crippen molar-refractivity contribution in [2.45, 2.75) is 20.4 Å². The van der Waals surface area contributed by atoms with E-state index in [9.17, 15) is 4.79 Å². The highest BCUT2D eigenvalue weighted by molar-refractivity contribution is 5.81. The number of carbonyl (C=O) groups excluding carboxylic acids is 1. The molecule has 5 nitrogen and oxygen atoms in total. The van der Waals surface area contributed by atoms with Crippen molar-refractivity contribution in [1.82, 2.24) is 19.8 Å². The lowest BCUT2D eigenvalue weighted by Gasteiger charge is -2.27. The maximum Gasteiger partial charge on any atom is 0.242 e. The second-order valence-corrected chi connectivity index (χ2v) is 5.43. The highest BCUT2D eigenvalue weighted by Crippen LogP contribution is 2.18. The maximum absolute atomic E-state index is 12.3. The van der Waals surface area contributed by atoms with E-state index in [0.717, 1.165) is 37.2 Å². The molecular formula is C15H20N4O. The lowest BCUT2D eigenvalue weighted by Crippen LogP contribution is -2.47. The van der Waals surface area contributed by atoms with Gasteiger partial charge in [-0.2, -0.15) is 0 Å². The van der Waals surface area contributed by atoms with Gasteiger partial charge in [0.25, 0.3) is 0 Å². The predicted molar refractivity (Wildman–Crippen MR) is 78.7 cm³/mol. The lowest BCUT2D eigenvalue weighted by molar-refractivity contribution is -0.132. The number of carbonyl (C=O) groups is 1. The first kappa shape index (κ1) is 13.1. The van der Waals surface area contributed by atoms with Gasteiger partial charge in [0, 0.05) is 26.2 Å². The summed E-state index contributed by atoms with van der Waals surface area (Å²) in [6, 6.07) is 4.19. The Morgan fingerprint density at radius 1 is 1.25 bits per heavy atom. The SMILES string of the molecule is Cc1cc2ncn(CC(=O)N3CCNCC3)c2cc1C. The van der Waals surface area contributed by atoms with Crippen LogP contribution >= 0.6 is 0 Å². The normalized spacial score (nSPS) is 15.8. The number of benzene rings is 1. The molecule has 0 unspecified atom stereocenters. The lowest BCUT2D eigenvalue weighted by atomic mass is 10.1. The molecule has 1 aliphatic heterocycles. The molecule has 1 aliphatic rings. The van der Waals surface area contributed by atoms with Crippen molar-refractivity contribution in [3.05, 3.63) is 29.6 Å². The maximum atomic E-state index is 12.3. The Morgan fingerprint density at radius 3 is 2.70 bits per heavy atom. The number of imidazole rings is 1. The molecule has 0 bridgehead atoms. The van der Waals surface area contributed by atoms with Gasteiger partial charge in [0.15, 0.2) is 0 Å². The van der Waals surface area contributed by atoms with Gasteiger partial charge in [0.2, 0.25) is 5.91 Å². The first-order valence-electron chi connectivity index (χ1n) is 7.06. The zero-order valence-corrected chi connectivity index (χ0v) is 12.0. The summed E-state index contributed by atoms with van der Waals surface area (Å²) in [5.74, 6) is 0.170. The molecule has 0 aliphatic carbocycles. The Bertz CT molecular complexity index is 641. The van der Waals surface area contributed by atoms with Crippen molar-refractivity contribution in [2.24, 2.45) is 0 Å². The van der Waals surface area contributed by atoms with Crippen LogP contribution in [0.25, 0.3) is 11.0 Å². The van der Waals surface area contributed by atoms with E-state index in [1.54, 1.807) is 6.33 Å². The summed E-state index contributed by atoms with van der Waals surface area (Å²) in [4.78, 5) is 18.6. The topological polar surface area (TPSA) is 50.2 Å². The van der Waals surface area contributed by atoms with Gasteiger partial charge in [0.1, 0.15) is 6.54 Å². The van der Waals surface area contributed by atoms with Crippen LogP contribution in [0.2, 0.25) is 0 Å². The molecule has 3 rings (SSSR count). The van der Waals surface area contributed by atoms with E-state index >= 15 is 0 Å². The minimum absolute atomic E-state index is 0.170. The molecular weight excluding hydrogens is 252 g/mol. The van der Waals surface area contributed by atoms with Crippen molar-refractivity contribution in [3.8, 4) is 0 Å². The highest BCUT2D eigenvalue weighted by atomic mass is 16.2. The third-order valence-electron chi connectivity index (χ3n) is 4.01. The predicted octanol–water partition coefficient (Wildman–Crippen LogP) is 1.08. The number of hydrogen-bond acceptors (Lipinski definition) is 3. The number of nitrogens with one attached hydrogen (secondary N) is 1. The minimum Gasteiger partial charge on any atom is -0.339 e. The molecule has 0 radical (unpaired) electrons. The van der Waals surface area contributed by atoms with E-state index in [1.807, 2.05) is 9.47 Å². The second kappa shape index (κ2) is 5.25. The Morgan fingerprint density at radius 2 is 1.95 bits per heavy atom. The van der Waals surface area contributed by atoms with Gasteiger partial charge in [-0.3, -0.25) is 4.79 Å². The van der Waals surface area contributed by atoms with Crippen LogP contribution in [0.1, 0.15) is 11.1 Å². The van der Waals surface area contributed by atoms with Gasteiger partial charge in [-0.05, 0) is 37.1 Å². The third kappa shape index (κ3) is 2.41. The summed E-state index contributed by atoms with van der Waals surface area (Å²) < 4.78 is 1.95. The molecule has 20 heavy (non-hydrogen) atoms. The summed E-state index contributed by atoms with van der Waals surface area (Å²) in [5.41, 5.74) is 4.46. The van der Waals surface area contributed by atoms with Gasteiger partial charge in [0.05, 0.1) is 17.4 Å². The van der Waals surface area contributed by atoms with Crippen LogP contribution in [0.5, 0.6) is 0 Å². The van der Waals surface area contributed by atoms with Crippen LogP contribution in [-0.2, 0) is 11.3 Å². The zero-order valence-electron chi connectivity index (χ0n) is 12.0. The van der Waals surface area contributed by atoms with Gasteiger partial charge >= 0.3 is 0 Å². The van der Waals surface area contributed by atoms with Gasteiger partial charge in [-0.15, -0.1) is 0 Å². The number of piperazine rings is 1. The fraction of sp³-hybridized carbons (Fsp3) is 0.467. The van der Waals surface area contributed by atoms with Crippen molar-refractivity contribution in [2.75, 3.05) is 26.2 Å². The molecule has 0 saturated carbocycles. The van der Waals surface area contributed by atoms with E-state index in [-0.39, 0.29) is 5.91 Å². The number of nitrogens with zero attached hydrogens (tertiary/aromatic N) is 3. The summed E-state index contributed by atoms with van der Waals surface area (Å²) in [6.45, 7) is 7.90. The first-order valence-corrected chi connectivity index (χ1v) is 7.06. The average molecular weight is 272 g/mol. The van der Waals surface area contributed by atoms with E-state index in [0.29, 0.717) is 6.54 Å². The molecule has 0 atom stereocenters. The minimum atomic E-state index is 0.170. The highest BCUT2D eigenvalue weighted by Gasteiger charge is 2.17. The smallest absolute Gasteiger partial charge is 0.242 e. The second-order valence-electron chi connectivity index (χ2n) is 5.43. The summed E-state index contributed by atoms with van der Waals surface area (Å²) in [6.07, 6.45) is 1.77. The monoisotopic (exact) mass is 272 g/mol. The molecule has 1 saturated heterocycles. The zero-order chi connectivity index (χ0) is 14.1. The molecule has 0 spiro atoms. The fourth-order valence-corrected chi connectivity index (χ4v) is 2.60. The summed E-state index contributed by atoms with van der Waals surface area (Å²) >= 11 is 0. The van der Waals surface area contributed by atoms with E-state index in [1.165, 1.54) is 11.1 Å². The molecule has 1 fully saturated rings. The average Bonchev–Trinajstić information content (AvgIpc) is 2.83. The molecule has 1 aromatic heterocycles. The molecule has 1 N–H and O–H groups in total. The first-order chi connectivity index (χ1) is 9.65. The number of amides is 1. The molecule has 2 aromatic rings. The summed E-state index contributed by atoms with van der Waals surface area (Å²) in [7, 11) is 0. The number of aromatic nitrogens is 2. The number of hydrogen-bond donors (Lipinski definition) is 1. The number of fused-ring (bicyclic) bond motifs is 1. The molecule has 5 heteroatoms. The van der Waals surface area contributed by atoms with Gasteiger partial charge < -0.3 is 14.8 Å². The fourth-order valence-electron chi connectivity index (χ4n) is 2.60. The Hall–Kier alpha value is -1.88. The van der Waals surface area contributed by atoms with Crippen molar-refractivity contribution in [3.63, 3.8) is 0 Å². The Labute approximate surface area is 118 Å². The van der Waals surface area contributed by atoms with E-state index in [4.69, 9.17) is 0 Å². The van der Waals surface area contributed by atoms with Crippen LogP contribution in [0.4, 0.5) is 0 Å². The van der Waals surface area contributed by atoms with Crippen LogP contribution in [-0.4, -0.2) is 46.5 Å². The van der Waals surface area contributed by atoms with Crippen molar-refractivity contribution >= 4 is 16.9 Å².